The fourth-order valence-corrected chi connectivity index (χ4v) is 1.99. The van der Waals surface area contributed by atoms with Crippen molar-refractivity contribution in [3.05, 3.63) is 54.2 Å². The molecule has 0 aliphatic heterocycles. The zero-order chi connectivity index (χ0) is 12.8. The average molecular weight is 241 g/mol. The average Bonchev–Trinajstić information content (AvgIpc) is 2.42. The molecule has 0 spiro atoms. The first-order valence-corrected chi connectivity index (χ1v) is 6.27. The molecule has 2 rings (SSSR count). The van der Waals surface area contributed by atoms with E-state index in [9.17, 15) is 0 Å². The minimum atomic E-state index is 0.690. The molecular weight excluding hydrogens is 222 g/mol. The molecule has 1 heterocycles. The number of pyridine rings is 1. The van der Waals surface area contributed by atoms with E-state index in [1.165, 1.54) is 11.3 Å². The first-order chi connectivity index (χ1) is 8.83. The highest BCUT2D eigenvalue weighted by Gasteiger charge is 2.11. The van der Waals surface area contributed by atoms with Crippen LogP contribution in [-0.4, -0.2) is 18.1 Å². The van der Waals surface area contributed by atoms with Crippen LogP contribution in [0, 0.1) is 6.92 Å². The van der Waals surface area contributed by atoms with Gasteiger partial charge < -0.3 is 10.6 Å². The van der Waals surface area contributed by atoms with Gasteiger partial charge in [-0.2, -0.15) is 0 Å². The first-order valence-electron chi connectivity index (χ1n) is 6.27. The van der Waals surface area contributed by atoms with Gasteiger partial charge in [0.05, 0.1) is 0 Å². The van der Waals surface area contributed by atoms with Crippen molar-refractivity contribution >= 4 is 11.5 Å². The highest BCUT2D eigenvalue weighted by molar-refractivity contribution is 5.63. The maximum Gasteiger partial charge on any atom is 0.132 e. The lowest BCUT2D eigenvalue weighted by Gasteiger charge is -2.25. The molecule has 0 saturated carbocycles. The van der Waals surface area contributed by atoms with Crippen molar-refractivity contribution < 1.29 is 0 Å². The lowest BCUT2D eigenvalue weighted by Crippen LogP contribution is -2.22. The second-order valence-corrected chi connectivity index (χ2v) is 4.27. The normalized spacial score (nSPS) is 10.3. The van der Waals surface area contributed by atoms with Gasteiger partial charge in [-0.3, -0.25) is 0 Å². The van der Waals surface area contributed by atoms with E-state index >= 15 is 0 Å². The summed E-state index contributed by atoms with van der Waals surface area (Å²) in [5.41, 5.74) is 8.07. The van der Waals surface area contributed by atoms with Crippen LogP contribution in [0.4, 0.5) is 11.5 Å². The molecule has 3 heteroatoms. The molecule has 94 valence electrons. The van der Waals surface area contributed by atoms with Crippen LogP contribution in [0.1, 0.15) is 12.0 Å². The van der Waals surface area contributed by atoms with E-state index in [4.69, 9.17) is 5.73 Å². The van der Waals surface area contributed by atoms with Crippen molar-refractivity contribution in [1.82, 2.24) is 4.98 Å². The maximum absolute atomic E-state index is 5.62. The van der Waals surface area contributed by atoms with Crippen LogP contribution in [-0.2, 0) is 0 Å². The quantitative estimate of drug-likeness (QED) is 0.875. The minimum Gasteiger partial charge on any atom is -0.330 e. The summed E-state index contributed by atoms with van der Waals surface area (Å²) in [5, 5.41) is 0. The van der Waals surface area contributed by atoms with Gasteiger partial charge in [-0.1, -0.05) is 24.3 Å². The highest BCUT2D eigenvalue weighted by Crippen LogP contribution is 2.26. The molecule has 0 bridgehead atoms. The first kappa shape index (κ1) is 12.6. The van der Waals surface area contributed by atoms with E-state index in [-0.39, 0.29) is 0 Å². The molecule has 0 aliphatic carbocycles. The van der Waals surface area contributed by atoms with Gasteiger partial charge in [0.25, 0.3) is 0 Å². The van der Waals surface area contributed by atoms with Crippen molar-refractivity contribution in [2.45, 2.75) is 13.3 Å². The third-order valence-electron chi connectivity index (χ3n) is 2.92. The van der Waals surface area contributed by atoms with Gasteiger partial charge in [0.1, 0.15) is 5.82 Å². The number of hydrogen-bond donors (Lipinski definition) is 1. The summed E-state index contributed by atoms with van der Waals surface area (Å²) in [6, 6.07) is 14.3. The molecule has 0 fully saturated rings. The van der Waals surface area contributed by atoms with Gasteiger partial charge in [-0.25, -0.2) is 4.98 Å². The second kappa shape index (κ2) is 6.17. The molecule has 2 aromatic rings. The van der Waals surface area contributed by atoms with Crippen molar-refractivity contribution in [3.8, 4) is 0 Å². The number of anilines is 2. The fourth-order valence-electron chi connectivity index (χ4n) is 1.99. The number of para-hydroxylation sites is 1. The molecule has 0 unspecified atom stereocenters. The number of benzene rings is 1. The molecular formula is C15H19N3. The molecule has 0 amide bonds. The summed E-state index contributed by atoms with van der Waals surface area (Å²) in [5.74, 6) is 0.972. The smallest absolute Gasteiger partial charge is 0.132 e. The van der Waals surface area contributed by atoms with E-state index in [1.807, 2.05) is 24.4 Å². The lowest BCUT2D eigenvalue weighted by molar-refractivity contribution is 0.808. The summed E-state index contributed by atoms with van der Waals surface area (Å²) in [6.07, 6.45) is 2.77. The molecule has 2 N–H and O–H groups in total. The SMILES string of the molecule is Cc1ccccc1N(CCCN)c1ccccn1. The van der Waals surface area contributed by atoms with Gasteiger partial charge in [-0.05, 0) is 43.7 Å². The van der Waals surface area contributed by atoms with E-state index in [2.05, 4.69) is 41.1 Å². The summed E-state index contributed by atoms with van der Waals surface area (Å²) >= 11 is 0. The van der Waals surface area contributed by atoms with E-state index < -0.39 is 0 Å². The highest BCUT2D eigenvalue weighted by atomic mass is 15.2. The van der Waals surface area contributed by atoms with Crippen molar-refractivity contribution in [3.63, 3.8) is 0 Å². The molecule has 18 heavy (non-hydrogen) atoms. The Balaban J connectivity index is 2.34. The van der Waals surface area contributed by atoms with Gasteiger partial charge in [0.15, 0.2) is 0 Å². The lowest BCUT2D eigenvalue weighted by atomic mass is 10.1. The number of rotatable bonds is 5. The Morgan fingerprint density at radius 3 is 2.56 bits per heavy atom. The van der Waals surface area contributed by atoms with Gasteiger partial charge >= 0.3 is 0 Å². The largest absolute Gasteiger partial charge is 0.330 e. The number of nitrogens with two attached hydrogens (primary N) is 1. The van der Waals surface area contributed by atoms with Crippen molar-refractivity contribution in [2.24, 2.45) is 5.73 Å². The third kappa shape index (κ3) is 2.87. The molecule has 0 radical (unpaired) electrons. The zero-order valence-electron chi connectivity index (χ0n) is 10.7. The van der Waals surface area contributed by atoms with Crippen LogP contribution in [0.15, 0.2) is 48.7 Å². The van der Waals surface area contributed by atoms with Crippen LogP contribution in [0.2, 0.25) is 0 Å². The standard InChI is InChI=1S/C15H19N3/c1-13-7-2-3-8-14(13)18(12-6-10-16)15-9-4-5-11-17-15/h2-5,7-9,11H,6,10,12,16H2,1H3. The van der Waals surface area contributed by atoms with Gasteiger partial charge in [-0.15, -0.1) is 0 Å². The Labute approximate surface area is 108 Å². The summed E-state index contributed by atoms with van der Waals surface area (Å²) < 4.78 is 0. The van der Waals surface area contributed by atoms with Crippen LogP contribution in [0.25, 0.3) is 0 Å². The van der Waals surface area contributed by atoms with Crippen LogP contribution >= 0.6 is 0 Å². The number of aryl methyl sites for hydroxylation is 1. The van der Waals surface area contributed by atoms with Gasteiger partial charge in [0, 0.05) is 18.4 Å². The maximum atomic E-state index is 5.62. The summed E-state index contributed by atoms with van der Waals surface area (Å²) in [6.45, 7) is 3.70. The van der Waals surface area contributed by atoms with Crippen LogP contribution < -0.4 is 10.6 Å². The molecule has 0 atom stereocenters. The van der Waals surface area contributed by atoms with Crippen LogP contribution in [0.5, 0.6) is 0 Å². The number of aromatic nitrogens is 1. The Bertz CT molecular complexity index is 482. The predicted octanol–water partition coefficient (Wildman–Crippen LogP) is 2.88. The Morgan fingerprint density at radius 2 is 1.89 bits per heavy atom. The summed E-state index contributed by atoms with van der Waals surface area (Å²) in [4.78, 5) is 6.66. The van der Waals surface area contributed by atoms with E-state index in [0.717, 1.165) is 18.8 Å². The second-order valence-electron chi connectivity index (χ2n) is 4.27. The van der Waals surface area contributed by atoms with E-state index in [1.54, 1.807) is 0 Å². The molecule has 1 aromatic heterocycles. The minimum absolute atomic E-state index is 0.690. The molecule has 0 saturated heterocycles. The molecule has 0 aliphatic rings. The Hall–Kier alpha value is -1.87. The van der Waals surface area contributed by atoms with Crippen molar-refractivity contribution in [1.29, 1.82) is 0 Å². The Kier molecular flexibility index (Phi) is 4.31. The number of nitrogens with zero attached hydrogens (tertiary/aromatic N) is 2. The predicted molar refractivity (Wildman–Crippen MR) is 76.1 cm³/mol. The monoisotopic (exact) mass is 241 g/mol. The summed E-state index contributed by atoms with van der Waals surface area (Å²) in [7, 11) is 0. The zero-order valence-corrected chi connectivity index (χ0v) is 10.7. The number of hydrogen-bond acceptors (Lipinski definition) is 3. The van der Waals surface area contributed by atoms with Crippen molar-refractivity contribution in [2.75, 3.05) is 18.0 Å². The third-order valence-corrected chi connectivity index (χ3v) is 2.92. The van der Waals surface area contributed by atoms with E-state index in [0.29, 0.717) is 6.54 Å². The van der Waals surface area contributed by atoms with Crippen LogP contribution in [0.3, 0.4) is 0 Å². The molecule has 3 nitrogen and oxygen atoms in total. The topological polar surface area (TPSA) is 42.1 Å². The van der Waals surface area contributed by atoms with Gasteiger partial charge in [0.2, 0.25) is 0 Å². The molecule has 1 aromatic carbocycles. The fraction of sp³-hybridized carbons (Fsp3) is 0.267. The Morgan fingerprint density at radius 1 is 1.11 bits per heavy atom.